The summed E-state index contributed by atoms with van der Waals surface area (Å²) in [5.74, 6) is -1.07. The Kier molecular flexibility index (Phi) is 4.07. The SMILES string of the molecule is O=C(COC(=O)c1ccccn1)Nc1ccc2oc3ccccc3c2c1. The number of fused-ring (bicyclic) bond motifs is 3. The zero-order chi connectivity index (χ0) is 17.9. The van der Waals surface area contributed by atoms with Gasteiger partial charge >= 0.3 is 5.97 Å². The van der Waals surface area contributed by atoms with Crippen molar-refractivity contribution in [3.8, 4) is 0 Å². The minimum Gasteiger partial charge on any atom is -0.456 e. The number of carbonyl (C=O) groups excluding carboxylic acids is 2. The molecule has 0 aliphatic rings. The van der Waals surface area contributed by atoms with Crippen LogP contribution >= 0.6 is 0 Å². The zero-order valence-electron chi connectivity index (χ0n) is 13.6. The number of amides is 1. The molecule has 0 aliphatic heterocycles. The predicted octanol–water partition coefficient (Wildman–Crippen LogP) is 3.78. The Hall–Kier alpha value is -3.67. The van der Waals surface area contributed by atoms with Gasteiger partial charge in [0.2, 0.25) is 0 Å². The van der Waals surface area contributed by atoms with Crippen LogP contribution in [0, 0.1) is 0 Å². The summed E-state index contributed by atoms with van der Waals surface area (Å²) in [6.45, 7) is -0.389. The maximum Gasteiger partial charge on any atom is 0.357 e. The van der Waals surface area contributed by atoms with Crippen LogP contribution in [0.1, 0.15) is 10.5 Å². The topological polar surface area (TPSA) is 81.4 Å². The molecule has 128 valence electrons. The molecular formula is C20H14N2O4. The summed E-state index contributed by atoms with van der Waals surface area (Å²) in [6, 6.07) is 18.0. The molecule has 0 fully saturated rings. The largest absolute Gasteiger partial charge is 0.456 e. The van der Waals surface area contributed by atoms with Crippen LogP contribution in [0.2, 0.25) is 0 Å². The van der Waals surface area contributed by atoms with Gasteiger partial charge in [0.15, 0.2) is 6.61 Å². The van der Waals surface area contributed by atoms with Crippen LogP contribution in [0.15, 0.2) is 71.3 Å². The molecule has 2 heterocycles. The first-order valence-electron chi connectivity index (χ1n) is 8.00. The highest BCUT2D eigenvalue weighted by Crippen LogP contribution is 2.30. The van der Waals surface area contributed by atoms with Crippen molar-refractivity contribution in [2.75, 3.05) is 11.9 Å². The maximum absolute atomic E-state index is 12.1. The van der Waals surface area contributed by atoms with Crippen LogP contribution in [-0.2, 0) is 9.53 Å². The highest BCUT2D eigenvalue weighted by molar-refractivity contribution is 6.07. The second-order valence-electron chi connectivity index (χ2n) is 5.65. The number of anilines is 1. The van der Waals surface area contributed by atoms with E-state index < -0.39 is 11.9 Å². The van der Waals surface area contributed by atoms with E-state index in [2.05, 4.69) is 10.3 Å². The summed E-state index contributed by atoms with van der Waals surface area (Å²) < 4.78 is 10.7. The Balaban J connectivity index is 1.45. The van der Waals surface area contributed by atoms with Crippen LogP contribution in [-0.4, -0.2) is 23.5 Å². The first kappa shape index (κ1) is 15.8. The molecule has 0 aliphatic carbocycles. The van der Waals surface area contributed by atoms with E-state index in [-0.39, 0.29) is 12.3 Å². The lowest BCUT2D eigenvalue weighted by molar-refractivity contribution is -0.119. The van der Waals surface area contributed by atoms with Crippen LogP contribution < -0.4 is 5.32 Å². The molecule has 4 rings (SSSR count). The summed E-state index contributed by atoms with van der Waals surface area (Å²) in [7, 11) is 0. The fourth-order valence-electron chi connectivity index (χ4n) is 2.69. The van der Waals surface area contributed by atoms with Crippen molar-refractivity contribution >= 4 is 39.5 Å². The number of para-hydroxylation sites is 1. The number of benzene rings is 2. The van der Waals surface area contributed by atoms with Gasteiger partial charge < -0.3 is 14.5 Å². The molecule has 6 heteroatoms. The molecule has 0 unspecified atom stereocenters. The van der Waals surface area contributed by atoms with Crippen molar-refractivity contribution in [1.82, 2.24) is 4.98 Å². The Morgan fingerprint density at radius 2 is 1.77 bits per heavy atom. The molecule has 0 saturated carbocycles. The lowest BCUT2D eigenvalue weighted by Crippen LogP contribution is -2.21. The Labute approximate surface area is 148 Å². The van der Waals surface area contributed by atoms with Crippen molar-refractivity contribution in [3.63, 3.8) is 0 Å². The minimum absolute atomic E-state index is 0.159. The molecule has 1 N–H and O–H groups in total. The number of esters is 1. The van der Waals surface area contributed by atoms with E-state index in [1.807, 2.05) is 30.3 Å². The lowest BCUT2D eigenvalue weighted by atomic mass is 10.1. The van der Waals surface area contributed by atoms with Crippen LogP contribution in [0.4, 0.5) is 5.69 Å². The van der Waals surface area contributed by atoms with E-state index in [0.29, 0.717) is 5.69 Å². The molecule has 0 bridgehead atoms. The van der Waals surface area contributed by atoms with Crippen molar-refractivity contribution in [2.24, 2.45) is 0 Å². The number of furan rings is 1. The second-order valence-corrected chi connectivity index (χ2v) is 5.65. The Morgan fingerprint density at radius 1 is 0.962 bits per heavy atom. The summed E-state index contributed by atoms with van der Waals surface area (Å²) in [5.41, 5.74) is 2.29. The van der Waals surface area contributed by atoms with Crippen LogP contribution in [0.5, 0.6) is 0 Å². The van der Waals surface area contributed by atoms with Gasteiger partial charge in [-0.15, -0.1) is 0 Å². The van der Waals surface area contributed by atoms with Gasteiger partial charge in [0, 0.05) is 22.7 Å². The van der Waals surface area contributed by atoms with Gasteiger partial charge in [0.1, 0.15) is 16.9 Å². The molecular weight excluding hydrogens is 332 g/mol. The van der Waals surface area contributed by atoms with Gasteiger partial charge in [-0.05, 0) is 36.4 Å². The fourth-order valence-corrected chi connectivity index (χ4v) is 2.69. The van der Waals surface area contributed by atoms with Crippen LogP contribution in [0.3, 0.4) is 0 Å². The third kappa shape index (κ3) is 3.12. The quantitative estimate of drug-likeness (QED) is 0.569. The predicted molar refractivity (Wildman–Crippen MR) is 96.9 cm³/mol. The van der Waals surface area contributed by atoms with E-state index in [1.54, 1.807) is 24.3 Å². The number of hydrogen-bond acceptors (Lipinski definition) is 5. The third-order valence-electron chi connectivity index (χ3n) is 3.87. The van der Waals surface area contributed by atoms with Crippen molar-refractivity contribution in [1.29, 1.82) is 0 Å². The molecule has 0 atom stereocenters. The maximum atomic E-state index is 12.1. The number of rotatable bonds is 4. The average Bonchev–Trinajstić information content (AvgIpc) is 3.05. The number of pyridine rings is 1. The molecule has 2 aromatic heterocycles. The molecule has 6 nitrogen and oxygen atoms in total. The van der Waals surface area contributed by atoms with Crippen molar-refractivity contribution in [2.45, 2.75) is 0 Å². The second kappa shape index (κ2) is 6.68. The summed E-state index contributed by atoms with van der Waals surface area (Å²) in [4.78, 5) is 27.7. The Morgan fingerprint density at radius 3 is 2.62 bits per heavy atom. The average molecular weight is 346 g/mol. The van der Waals surface area contributed by atoms with Crippen molar-refractivity contribution in [3.05, 3.63) is 72.6 Å². The molecule has 4 aromatic rings. The minimum atomic E-state index is -0.642. The number of nitrogens with zero attached hydrogens (tertiary/aromatic N) is 1. The van der Waals surface area contributed by atoms with Gasteiger partial charge in [-0.3, -0.25) is 4.79 Å². The highest BCUT2D eigenvalue weighted by Gasteiger charge is 2.12. The smallest absolute Gasteiger partial charge is 0.357 e. The van der Waals surface area contributed by atoms with E-state index >= 15 is 0 Å². The molecule has 26 heavy (non-hydrogen) atoms. The van der Waals surface area contributed by atoms with E-state index in [4.69, 9.17) is 9.15 Å². The molecule has 1 amide bonds. The molecule has 0 radical (unpaired) electrons. The third-order valence-corrected chi connectivity index (χ3v) is 3.87. The number of aromatic nitrogens is 1. The number of hydrogen-bond donors (Lipinski definition) is 1. The summed E-state index contributed by atoms with van der Waals surface area (Å²) in [5, 5.41) is 4.60. The normalized spacial score (nSPS) is 10.8. The van der Waals surface area contributed by atoms with Gasteiger partial charge in [-0.2, -0.15) is 0 Å². The molecule has 2 aromatic carbocycles. The van der Waals surface area contributed by atoms with Gasteiger partial charge in [-0.1, -0.05) is 24.3 Å². The zero-order valence-corrected chi connectivity index (χ0v) is 13.6. The van der Waals surface area contributed by atoms with Crippen LogP contribution in [0.25, 0.3) is 21.9 Å². The number of carbonyl (C=O) groups is 2. The Bertz CT molecular complexity index is 1100. The monoisotopic (exact) mass is 346 g/mol. The van der Waals surface area contributed by atoms with Crippen molar-refractivity contribution < 1.29 is 18.7 Å². The van der Waals surface area contributed by atoms with Gasteiger partial charge in [0.05, 0.1) is 0 Å². The highest BCUT2D eigenvalue weighted by atomic mass is 16.5. The molecule has 0 saturated heterocycles. The standard InChI is InChI=1S/C20H14N2O4/c23-19(12-25-20(24)16-6-3-4-10-21-16)22-13-8-9-18-15(11-13)14-5-1-2-7-17(14)26-18/h1-11H,12H2,(H,22,23). The fraction of sp³-hybridized carbons (Fsp3) is 0.0500. The van der Waals surface area contributed by atoms with E-state index in [9.17, 15) is 9.59 Å². The summed E-state index contributed by atoms with van der Waals surface area (Å²) >= 11 is 0. The number of nitrogens with one attached hydrogen (secondary N) is 1. The first-order chi connectivity index (χ1) is 12.7. The summed E-state index contributed by atoms with van der Waals surface area (Å²) in [6.07, 6.45) is 1.49. The van der Waals surface area contributed by atoms with Gasteiger partial charge in [0.25, 0.3) is 5.91 Å². The number of ether oxygens (including phenoxy) is 1. The lowest BCUT2D eigenvalue weighted by Gasteiger charge is -2.06. The first-order valence-corrected chi connectivity index (χ1v) is 8.00. The molecule has 0 spiro atoms. The van der Waals surface area contributed by atoms with Gasteiger partial charge in [-0.25, -0.2) is 9.78 Å². The van der Waals surface area contributed by atoms with E-state index in [1.165, 1.54) is 12.3 Å². The van der Waals surface area contributed by atoms with E-state index in [0.717, 1.165) is 21.9 Å².